The Morgan fingerprint density at radius 3 is 2.35 bits per heavy atom. The van der Waals surface area contributed by atoms with Crippen LogP contribution in [0.3, 0.4) is 0 Å². The van der Waals surface area contributed by atoms with Crippen molar-refractivity contribution < 1.29 is 19.0 Å². The van der Waals surface area contributed by atoms with Gasteiger partial charge in [0, 0.05) is 32.2 Å². The van der Waals surface area contributed by atoms with Gasteiger partial charge in [0.1, 0.15) is 0 Å². The monoisotopic (exact) mass is 302 g/mol. The zero-order valence-electron chi connectivity index (χ0n) is 12.5. The van der Waals surface area contributed by atoms with Gasteiger partial charge in [0.15, 0.2) is 10.8 Å². The molecule has 0 aromatic carbocycles. The van der Waals surface area contributed by atoms with Gasteiger partial charge in [0.25, 0.3) is 0 Å². The average Bonchev–Trinajstić information content (AvgIpc) is 2.81. The van der Waals surface area contributed by atoms with Gasteiger partial charge >= 0.3 is 5.97 Å². The molecule has 0 atom stereocenters. The minimum Gasteiger partial charge on any atom is -0.461 e. The molecule has 0 saturated carbocycles. The fourth-order valence-corrected chi connectivity index (χ4v) is 2.56. The van der Waals surface area contributed by atoms with E-state index < -0.39 is 0 Å². The van der Waals surface area contributed by atoms with Crippen LogP contribution in [0.1, 0.15) is 22.3 Å². The van der Waals surface area contributed by atoms with E-state index in [9.17, 15) is 4.79 Å². The highest BCUT2D eigenvalue weighted by atomic mass is 32.1. The van der Waals surface area contributed by atoms with Crippen LogP contribution in [0.2, 0.25) is 0 Å². The molecule has 0 radical (unpaired) electrons. The SMILES string of the molecule is CCOC(=O)c1nc(N(CCOC)CCOC)sc1C. The fourth-order valence-electron chi connectivity index (χ4n) is 1.61. The highest BCUT2D eigenvalue weighted by Crippen LogP contribution is 2.26. The largest absolute Gasteiger partial charge is 0.461 e. The summed E-state index contributed by atoms with van der Waals surface area (Å²) in [5.41, 5.74) is 0.395. The third-order valence-electron chi connectivity index (χ3n) is 2.66. The van der Waals surface area contributed by atoms with Crippen LogP contribution in [0.5, 0.6) is 0 Å². The number of carbonyl (C=O) groups is 1. The first kappa shape index (κ1) is 16.9. The Labute approximate surface area is 123 Å². The molecule has 0 amide bonds. The molecule has 114 valence electrons. The number of anilines is 1. The first-order valence-electron chi connectivity index (χ1n) is 6.51. The van der Waals surface area contributed by atoms with Crippen LogP contribution in [0, 0.1) is 6.92 Å². The molecule has 1 heterocycles. The minimum absolute atomic E-state index is 0.349. The lowest BCUT2D eigenvalue weighted by Crippen LogP contribution is -2.30. The molecule has 0 unspecified atom stereocenters. The van der Waals surface area contributed by atoms with E-state index in [1.807, 2.05) is 11.8 Å². The molecule has 1 aromatic rings. The number of esters is 1. The number of hydrogen-bond donors (Lipinski definition) is 0. The van der Waals surface area contributed by atoms with Gasteiger partial charge in [-0.25, -0.2) is 9.78 Å². The van der Waals surface area contributed by atoms with Crippen molar-refractivity contribution in [3.05, 3.63) is 10.6 Å². The van der Waals surface area contributed by atoms with Crippen molar-refractivity contribution in [3.8, 4) is 0 Å². The van der Waals surface area contributed by atoms with Crippen molar-refractivity contribution in [3.63, 3.8) is 0 Å². The number of carbonyl (C=O) groups excluding carboxylic acids is 1. The smallest absolute Gasteiger partial charge is 0.358 e. The van der Waals surface area contributed by atoms with Crippen molar-refractivity contribution in [2.75, 3.05) is 52.0 Å². The van der Waals surface area contributed by atoms with E-state index >= 15 is 0 Å². The molecule has 0 aliphatic heterocycles. The van der Waals surface area contributed by atoms with E-state index in [2.05, 4.69) is 4.98 Å². The lowest BCUT2D eigenvalue weighted by molar-refractivity contribution is 0.0519. The number of nitrogens with zero attached hydrogens (tertiary/aromatic N) is 2. The summed E-state index contributed by atoms with van der Waals surface area (Å²) in [5.74, 6) is -0.370. The lowest BCUT2D eigenvalue weighted by atomic mass is 10.4. The zero-order valence-corrected chi connectivity index (χ0v) is 13.3. The molecule has 0 saturated heterocycles. The van der Waals surface area contributed by atoms with Crippen LogP contribution >= 0.6 is 11.3 Å². The normalized spacial score (nSPS) is 10.6. The molecule has 1 rings (SSSR count). The number of methoxy groups -OCH3 is 2. The number of thiazole rings is 1. The quantitative estimate of drug-likeness (QED) is 0.647. The van der Waals surface area contributed by atoms with E-state index in [1.54, 1.807) is 21.1 Å². The number of hydrogen-bond acceptors (Lipinski definition) is 7. The molecule has 6 nitrogen and oxygen atoms in total. The van der Waals surface area contributed by atoms with E-state index in [0.717, 1.165) is 10.0 Å². The molecule has 0 fully saturated rings. The Kier molecular flexibility index (Phi) is 7.50. The van der Waals surface area contributed by atoms with Crippen LogP contribution < -0.4 is 4.90 Å². The Morgan fingerprint density at radius 2 is 1.85 bits per heavy atom. The maximum Gasteiger partial charge on any atom is 0.358 e. The van der Waals surface area contributed by atoms with Gasteiger partial charge in [0.05, 0.1) is 19.8 Å². The third-order valence-corrected chi connectivity index (χ3v) is 3.69. The van der Waals surface area contributed by atoms with Crippen LogP contribution in [0.4, 0.5) is 5.13 Å². The Morgan fingerprint density at radius 1 is 1.25 bits per heavy atom. The van der Waals surface area contributed by atoms with Gasteiger partial charge in [-0.05, 0) is 13.8 Å². The molecule has 1 aromatic heterocycles. The summed E-state index contributed by atoms with van der Waals surface area (Å²) in [6, 6.07) is 0. The van der Waals surface area contributed by atoms with Crippen LogP contribution in [-0.2, 0) is 14.2 Å². The van der Waals surface area contributed by atoms with Crippen LogP contribution in [0.25, 0.3) is 0 Å². The summed E-state index contributed by atoms with van der Waals surface area (Å²) in [4.78, 5) is 19.1. The maximum atomic E-state index is 11.8. The number of rotatable bonds is 9. The zero-order chi connectivity index (χ0) is 15.0. The second kappa shape index (κ2) is 8.89. The molecule has 0 aliphatic carbocycles. The second-order valence-electron chi connectivity index (χ2n) is 4.09. The first-order chi connectivity index (χ1) is 9.63. The summed E-state index contributed by atoms with van der Waals surface area (Å²) < 4.78 is 15.2. The number of ether oxygens (including phenoxy) is 3. The van der Waals surface area contributed by atoms with E-state index in [0.29, 0.717) is 38.6 Å². The molecule has 0 aliphatic rings. The summed E-state index contributed by atoms with van der Waals surface area (Å²) >= 11 is 1.48. The molecular formula is C13H22N2O4S. The summed E-state index contributed by atoms with van der Waals surface area (Å²) in [7, 11) is 3.32. The predicted molar refractivity (Wildman–Crippen MR) is 78.8 cm³/mol. The predicted octanol–water partition coefficient (Wildman–Crippen LogP) is 1.73. The lowest BCUT2D eigenvalue weighted by Gasteiger charge is -2.20. The van der Waals surface area contributed by atoms with Gasteiger partial charge in [-0.15, -0.1) is 11.3 Å². The van der Waals surface area contributed by atoms with Crippen molar-refractivity contribution >= 4 is 22.4 Å². The van der Waals surface area contributed by atoms with Crippen LogP contribution in [0.15, 0.2) is 0 Å². The molecular weight excluding hydrogens is 280 g/mol. The Hall–Kier alpha value is -1.18. The highest BCUT2D eigenvalue weighted by molar-refractivity contribution is 7.15. The summed E-state index contributed by atoms with van der Waals surface area (Å²) in [6.45, 7) is 6.60. The number of aromatic nitrogens is 1. The van der Waals surface area contributed by atoms with E-state index in [1.165, 1.54) is 11.3 Å². The van der Waals surface area contributed by atoms with Gasteiger partial charge in [-0.1, -0.05) is 0 Å². The van der Waals surface area contributed by atoms with Crippen molar-refractivity contribution in [2.45, 2.75) is 13.8 Å². The molecule has 0 bridgehead atoms. The highest BCUT2D eigenvalue weighted by Gasteiger charge is 2.19. The van der Waals surface area contributed by atoms with Crippen molar-refractivity contribution in [1.29, 1.82) is 0 Å². The topological polar surface area (TPSA) is 60.9 Å². The van der Waals surface area contributed by atoms with E-state index in [4.69, 9.17) is 14.2 Å². The van der Waals surface area contributed by atoms with Crippen LogP contribution in [-0.4, -0.2) is 58.1 Å². The fraction of sp³-hybridized carbons (Fsp3) is 0.692. The van der Waals surface area contributed by atoms with Gasteiger partial charge in [-0.2, -0.15) is 0 Å². The first-order valence-corrected chi connectivity index (χ1v) is 7.33. The third kappa shape index (κ3) is 4.73. The van der Waals surface area contributed by atoms with Gasteiger partial charge in [0.2, 0.25) is 0 Å². The number of aryl methyl sites for hydroxylation is 1. The second-order valence-corrected chi connectivity index (χ2v) is 5.28. The molecule has 7 heteroatoms. The Balaban J connectivity index is 2.84. The molecule has 0 spiro atoms. The summed E-state index contributed by atoms with van der Waals surface area (Å²) in [5, 5.41) is 0.791. The van der Waals surface area contributed by atoms with Gasteiger partial charge in [-0.3, -0.25) is 0 Å². The summed E-state index contributed by atoms with van der Waals surface area (Å²) in [6.07, 6.45) is 0. The Bertz CT molecular complexity index is 415. The maximum absolute atomic E-state index is 11.8. The van der Waals surface area contributed by atoms with Crippen molar-refractivity contribution in [1.82, 2.24) is 4.98 Å². The average molecular weight is 302 g/mol. The standard InChI is InChI=1S/C13H22N2O4S/c1-5-19-12(16)11-10(2)20-13(14-11)15(6-8-17-3)7-9-18-4/h5-9H2,1-4H3. The van der Waals surface area contributed by atoms with E-state index in [-0.39, 0.29) is 5.97 Å². The molecule has 20 heavy (non-hydrogen) atoms. The molecule has 0 N–H and O–H groups in total. The van der Waals surface area contributed by atoms with Crippen molar-refractivity contribution in [2.24, 2.45) is 0 Å². The van der Waals surface area contributed by atoms with Gasteiger partial charge < -0.3 is 19.1 Å². The minimum atomic E-state index is -0.370.